The van der Waals surface area contributed by atoms with E-state index in [-0.39, 0.29) is 0 Å². The lowest BCUT2D eigenvalue weighted by Crippen LogP contribution is -2.04. The highest BCUT2D eigenvalue weighted by Gasteiger charge is 2.21. The zero-order valence-electron chi connectivity index (χ0n) is 15.3. The number of hydrogen-bond donors (Lipinski definition) is 0. The smallest absolute Gasteiger partial charge is 0.000663 e. The molecular weight excluding hydrogens is 300 g/mol. The van der Waals surface area contributed by atoms with Gasteiger partial charge in [0.25, 0.3) is 0 Å². The van der Waals surface area contributed by atoms with Gasteiger partial charge in [0.1, 0.15) is 0 Å². The van der Waals surface area contributed by atoms with Crippen LogP contribution < -0.4 is 0 Å². The molecule has 0 saturated heterocycles. The largest absolute Gasteiger partial charge is 0.0804 e. The monoisotopic (exact) mass is 330 g/mol. The highest BCUT2D eigenvalue weighted by Crippen LogP contribution is 2.38. The molecule has 0 heterocycles. The Bertz CT molecular complexity index is 684. The van der Waals surface area contributed by atoms with E-state index in [0.29, 0.717) is 5.92 Å². The third-order valence-electron chi connectivity index (χ3n) is 6.11. The second kappa shape index (κ2) is 8.04. The van der Waals surface area contributed by atoms with Crippen LogP contribution in [0.4, 0.5) is 0 Å². The Morgan fingerprint density at radius 1 is 0.920 bits per heavy atom. The highest BCUT2D eigenvalue weighted by molar-refractivity contribution is 5.47. The van der Waals surface area contributed by atoms with Gasteiger partial charge in [-0.2, -0.15) is 0 Å². The summed E-state index contributed by atoms with van der Waals surface area (Å²) in [4.78, 5) is 0. The van der Waals surface area contributed by atoms with Gasteiger partial charge in [0.2, 0.25) is 0 Å². The molecule has 0 radical (unpaired) electrons. The summed E-state index contributed by atoms with van der Waals surface area (Å²) in [7, 11) is 0. The van der Waals surface area contributed by atoms with Crippen LogP contribution in [0.1, 0.15) is 57.8 Å². The number of hydrogen-bond acceptors (Lipinski definition) is 0. The van der Waals surface area contributed by atoms with Gasteiger partial charge in [-0.15, -0.1) is 0 Å². The lowest BCUT2D eigenvalue weighted by Gasteiger charge is -2.20. The first-order valence-electron chi connectivity index (χ1n) is 10.2. The van der Waals surface area contributed by atoms with Crippen molar-refractivity contribution in [3.8, 4) is 0 Å². The molecule has 1 fully saturated rings. The Hall–Kier alpha value is -1.82. The molecule has 0 bridgehead atoms. The van der Waals surface area contributed by atoms with Crippen LogP contribution in [0.15, 0.2) is 83.1 Å². The number of rotatable bonds is 6. The quantitative estimate of drug-likeness (QED) is 0.484. The third-order valence-corrected chi connectivity index (χ3v) is 6.11. The average Bonchev–Trinajstić information content (AvgIpc) is 3.36. The van der Waals surface area contributed by atoms with Crippen LogP contribution in [0.2, 0.25) is 0 Å². The van der Waals surface area contributed by atoms with Crippen molar-refractivity contribution in [2.24, 2.45) is 11.8 Å². The molecule has 25 heavy (non-hydrogen) atoms. The minimum absolute atomic E-state index is 0.583. The summed E-state index contributed by atoms with van der Waals surface area (Å²) in [6.45, 7) is 0. The average molecular weight is 331 g/mol. The molecule has 0 atom stereocenters. The fourth-order valence-corrected chi connectivity index (χ4v) is 4.73. The van der Waals surface area contributed by atoms with E-state index in [4.69, 9.17) is 0 Å². The van der Waals surface area contributed by atoms with Crippen molar-refractivity contribution < 1.29 is 0 Å². The second-order valence-electron chi connectivity index (χ2n) is 8.00. The summed E-state index contributed by atoms with van der Waals surface area (Å²) < 4.78 is 0. The molecular formula is C25H30. The molecule has 0 aliphatic heterocycles. The van der Waals surface area contributed by atoms with Crippen LogP contribution in [0, 0.1) is 11.8 Å². The summed E-state index contributed by atoms with van der Waals surface area (Å²) in [6.07, 6.45) is 34.9. The molecule has 0 N–H and O–H groups in total. The van der Waals surface area contributed by atoms with Gasteiger partial charge in [-0.1, -0.05) is 92.0 Å². The fourth-order valence-electron chi connectivity index (χ4n) is 4.73. The van der Waals surface area contributed by atoms with Crippen LogP contribution in [0.5, 0.6) is 0 Å². The van der Waals surface area contributed by atoms with Crippen molar-refractivity contribution in [3.63, 3.8) is 0 Å². The Morgan fingerprint density at radius 2 is 1.76 bits per heavy atom. The van der Waals surface area contributed by atoms with E-state index in [1.807, 2.05) is 0 Å². The predicted octanol–water partition coefficient (Wildman–Crippen LogP) is 7.16. The Labute approximate surface area is 153 Å². The molecule has 4 aliphatic rings. The predicted molar refractivity (Wildman–Crippen MR) is 108 cm³/mol. The van der Waals surface area contributed by atoms with Gasteiger partial charge in [-0.25, -0.2) is 0 Å². The van der Waals surface area contributed by atoms with Crippen molar-refractivity contribution in [2.75, 3.05) is 0 Å². The first-order chi connectivity index (χ1) is 12.4. The van der Waals surface area contributed by atoms with Crippen LogP contribution in [0.3, 0.4) is 0 Å². The maximum absolute atomic E-state index is 2.50. The summed E-state index contributed by atoms with van der Waals surface area (Å²) in [5, 5.41) is 0. The molecule has 0 unspecified atom stereocenters. The van der Waals surface area contributed by atoms with E-state index in [9.17, 15) is 0 Å². The van der Waals surface area contributed by atoms with Crippen LogP contribution in [-0.2, 0) is 0 Å². The number of allylic oxidation sites excluding steroid dienone is 14. The molecule has 0 heteroatoms. The zero-order valence-corrected chi connectivity index (χ0v) is 15.3. The summed E-state index contributed by atoms with van der Waals surface area (Å²) >= 11 is 0. The normalized spacial score (nSPS) is 23.7. The minimum Gasteiger partial charge on any atom is -0.0804 e. The van der Waals surface area contributed by atoms with E-state index in [2.05, 4.69) is 60.8 Å². The van der Waals surface area contributed by atoms with Crippen LogP contribution >= 0.6 is 0 Å². The van der Waals surface area contributed by atoms with Gasteiger partial charge in [0, 0.05) is 0 Å². The van der Waals surface area contributed by atoms with Crippen molar-refractivity contribution in [1.29, 1.82) is 0 Å². The molecule has 0 aromatic carbocycles. The lowest BCUT2D eigenvalue weighted by atomic mass is 9.84. The Morgan fingerprint density at radius 3 is 2.52 bits per heavy atom. The molecule has 0 spiro atoms. The molecule has 0 nitrogen and oxygen atoms in total. The topological polar surface area (TPSA) is 0 Å². The molecule has 130 valence electrons. The van der Waals surface area contributed by atoms with Gasteiger partial charge in [0.05, 0.1) is 0 Å². The van der Waals surface area contributed by atoms with Gasteiger partial charge < -0.3 is 0 Å². The summed E-state index contributed by atoms with van der Waals surface area (Å²) in [6, 6.07) is 0. The van der Waals surface area contributed by atoms with E-state index < -0.39 is 0 Å². The lowest BCUT2D eigenvalue weighted by molar-refractivity contribution is 0.545. The molecule has 0 aromatic heterocycles. The summed E-state index contributed by atoms with van der Waals surface area (Å²) in [5.41, 5.74) is 6.45. The molecule has 0 aromatic rings. The van der Waals surface area contributed by atoms with Crippen molar-refractivity contribution in [3.05, 3.63) is 83.1 Å². The molecule has 4 rings (SSSR count). The zero-order chi connectivity index (χ0) is 16.9. The highest BCUT2D eigenvalue weighted by atomic mass is 14.3. The van der Waals surface area contributed by atoms with E-state index in [1.165, 1.54) is 38.5 Å². The standard InChI is InChI=1S/C25H30/c1-2-10-20(9-1)17-23-15-7-8-16-24(18-21-11-3-4-12-21)25(23)19-22-13-5-6-14-22/h1-2,5-6,8-9,13-16,21-22H,3-4,7,10-12,17-19H2. The maximum Gasteiger partial charge on any atom is -0.000663 e. The molecule has 1 saturated carbocycles. The third kappa shape index (κ3) is 4.24. The van der Waals surface area contributed by atoms with Gasteiger partial charge in [-0.05, 0) is 60.7 Å². The second-order valence-corrected chi connectivity index (χ2v) is 8.00. The summed E-state index contributed by atoms with van der Waals surface area (Å²) in [5.74, 6) is 1.50. The minimum atomic E-state index is 0.583. The first-order valence-corrected chi connectivity index (χ1v) is 10.2. The fraction of sp³-hybridized carbons (Fsp3) is 0.440. The van der Waals surface area contributed by atoms with E-state index in [1.54, 1.807) is 22.3 Å². The maximum atomic E-state index is 2.50. The van der Waals surface area contributed by atoms with Gasteiger partial charge in [-0.3, -0.25) is 0 Å². The van der Waals surface area contributed by atoms with Crippen LogP contribution in [-0.4, -0.2) is 0 Å². The van der Waals surface area contributed by atoms with Crippen molar-refractivity contribution in [1.82, 2.24) is 0 Å². The van der Waals surface area contributed by atoms with Gasteiger partial charge >= 0.3 is 0 Å². The Kier molecular flexibility index (Phi) is 5.35. The molecule has 4 aliphatic carbocycles. The van der Waals surface area contributed by atoms with E-state index in [0.717, 1.165) is 25.2 Å². The Balaban J connectivity index is 1.60. The molecule has 0 amide bonds. The van der Waals surface area contributed by atoms with Crippen molar-refractivity contribution in [2.45, 2.75) is 57.8 Å². The van der Waals surface area contributed by atoms with Crippen molar-refractivity contribution >= 4 is 0 Å². The first kappa shape index (κ1) is 16.6. The SMILES string of the molecule is C1=CCC(CC2=CCC=CC(CC3CCCC3)=C2CC2C=CC=C2)=C1. The van der Waals surface area contributed by atoms with Crippen LogP contribution in [0.25, 0.3) is 0 Å². The van der Waals surface area contributed by atoms with Gasteiger partial charge in [0.15, 0.2) is 0 Å². The van der Waals surface area contributed by atoms with E-state index >= 15 is 0 Å².